The van der Waals surface area contributed by atoms with Crippen LogP contribution in [-0.2, 0) is 22.6 Å². The second kappa shape index (κ2) is 10.1. The number of carbonyl (C=O) groups is 2. The van der Waals surface area contributed by atoms with Crippen LogP contribution in [0.1, 0.15) is 23.7 Å². The SMILES string of the molecule is C=C(NC(C)=O)C(=O)N1CCN(c2nc(OC)nc3c2CCN(c2cccc4cccc(C)c24)C3)CC1. The van der Waals surface area contributed by atoms with E-state index in [1.165, 1.54) is 28.9 Å². The van der Waals surface area contributed by atoms with Crippen molar-refractivity contribution in [3.63, 3.8) is 0 Å². The first-order valence-electron chi connectivity index (χ1n) is 12.5. The van der Waals surface area contributed by atoms with Gasteiger partial charge in [-0.25, -0.2) is 0 Å². The number of benzene rings is 2. The minimum Gasteiger partial charge on any atom is -0.467 e. The van der Waals surface area contributed by atoms with Crippen molar-refractivity contribution in [2.75, 3.05) is 49.6 Å². The number of amides is 2. The van der Waals surface area contributed by atoms with Crippen LogP contribution in [0, 0.1) is 6.92 Å². The fraction of sp³-hybridized carbons (Fsp3) is 0.357. The molecule has 0 unspecified atom stereocenters. The van der Waals surface area contributed by atoms with E-state index < -0.39 is 0 Å². The van der Waals surface area contributed by atoms with Crippen molar-refractivity contribution in [3.8, 4) is 6.01 Å². The van der Waals surface area contributed by atoms with Crippen molar-refractivity contribution in [1.82, 2.24) is 20.2 Å². The number of nitrogens with zero attached hydrogens (tertiary/aromatic N) is 5. The smallest absolute Gasteiger partial charge is 0.318 e. The van der Waals surface area contributed by atoms with Gasteiger partial charge in [0, 0.05) is 56.3 Å². The molecular weight excluding hydrogens is 468 g/mol. The molecule has 0 aliphatic carbocycles. The highest BCUT2D eigenvalue weighted by molar-refractivity contribution is 5.97. The number of hydrogen-bond donors (Lipinski definition) is 1. The van der Waals surface area contributed by atoms with E-state index >= 15 is 0 Å². The highest BCUT2D eigenvalue weighted by Gasteiger charge is 2.29. The Hall–Kier alpha value is -4.14. The van der Waals surface area contributed by atoms with Crippen LogP contribution in [0.25, 0.3) is 10.8 Å². The van der Waals surface area contributed by atoms with Gasteiger partial charge in [-0.15, -0.1) is 0 Å². The molecule has 0 saturated carbocycles. The number of fused-ring (bicyclic) bond motifs is 2. The van der Waals surface area contributed by atoms with Crippen molar-refractivity contribution >= 4 is 34.1 Å². The summed E-state index contributed by atoms with van der Waals surface area (Å²) in [5, 5.41) is 5.00. The average Bonchev–Trinajstić information content (AvgIpc) is 2.91. The molecule has 2 aromatic carbocycles. The molecule has 2 amide bonds. The number of piperazine rings is 1. The van der Waals surface area contributed by atoms with Crippen molar-refractivity contribution in [3.05, 3.63) is 65.5 Å². The summed E-state index contributed by atoms with van der Waals surface area (Å²) in [4.78, 5) is 39.7. The molecule has 5 rings (SSSR count). The summed E-state index contributed by atoms with van der Waals surface area (Å²) < 4.78 is 5.49. The molecule has 0 bridgehead atoms. The molecule has 1 saturated heterocycles. The number of carbonyl (C=O) groups excluding carboxylic acids is 2. The molecule has 9 heteroatoms. The largest absolute Gasteiger partial charge is 0.467 e. The first kappa shape index (κ1) is 24.5. The van der Waals surface area contributed by atoms with Crippen LogP contribution in [0.15, 0.2) is 48.7 Å². The van der Waals surface area contributed by atoms with Crippen LogP contribution < -0.4 is 19.9 Å². The van der Waals surface area contributed by atoms with E-state index in [4.69, 9.17) is 14.7 Å². The maximum Gasteiger partial charge on any atom is 0.318 e. The molecule has 192 valence electrons. The van der Waals surface area contributed by atoms with Crippen molar-refractivity contribution < 1.29 is 14.3 Å². The molecule has 1 aromatic heterocycles. The van der Waals surface area contributed by atoms with Gasteiger partial charge < -0.3 is 24.8 Å². The number of anilines is 2. The molecule has 0 atom stereocenters. The van der Waals surface area contributed by atoms with E-state index in [0.29, 0.717) is 38.7 Å². The quantitative estimate of drug-likeness (QED) is 0.539. The molecule has 3 heterocycles. The summed E-state index contributed by atoms with van der Waals surface area (Å²) in [5.41, 5.74) is 4.68. The van der Waals surface area contributed by atoms with Crippen LogP contribution in [-0.4, -0.2) is 66.5 Å². The number of aryl methyl sites for hydroxylation is 1. The molecule has 1 fully saturated rings. The topological polar surface area (TPSA) is 90.9 Å². The van der Waals surface area contributed by atoms with E-state index in [1.807, 2.05) is 0 Å². The predicted octanol–water partition coefficient (Wildman–Crippen LogP) is 2.81. The van der Waals surface area contributed by atoms with Crippen LogP contribution in [0.2, 0.25) is 0 Å². The standard InChI is InChI=1S/C28H32N6O3/c1-18-7-5-8-21-9-6-10-24(25(18)21)34-12-11-22-23(17-34)30-28(37-4)31-26(22)32-13-15-33(16-14-32)27(36)19(2)29-20(3)35/h5-10H,2,11-17H2,1,3-4H3,(H,29,35). The minimum absolute atomic E-state index is 0.103. The molecule has 2 aliphatic rings. The Bertz CT molecular complexity index is 1370. The molecule has 0 spiro atoms. The van der Waals surface area contributed by atoms with Gasteiger partial charge in [-0.2, -0.15) is 9.97 Å². The van der Waals surface area contributed by atoms with Gasteiger partial charge in [-0.1, -0.05) is 36.9 Å². The van der Waals surface area contributed by atoms with Crippen molar-refractivity contribution in [2.24, 2.45) is 0 Å². The van der Waals surface area contributed by atoms with Crippen LogP contribution >= 0.6 is 0 Å². The normalized spacial score (nSPS) is 15.4. The monoisotopic (exact) mass is 500 g/mol. The molecule has 0 radical (unpaired) electrons. The van der Waals surface area contributed by atoms with E-state index in [-0.39, 0.29) is 17.5 Å². The van der Waals surface area contributed by atoms with E-state index in [0.717, 1.165) is 30.0 Å². The average molecular weight is 501 g/mol. The zero-order valence-electron chi connectivity index (χ0n) is 21.6. The Kier molecular flexibility index (Phi) is 6.69. The Labute approximate surface area is 216 Å². The fourth-order valence-corrected chi connectivity index (χ4v) is 5.29. The van der Waals surface area contributed by atoms with Gasteiger partial charge in [0.25, 0.3) is 5.91 Å². The Morgan fingerprint density at radius 1 is 1.00 bits per heavy atom. The third-order valence-electron chi connectivity index (χ3n) is 7.09. The highest BCUT2D eigenvalue weighted by atomic mass is 16.5. The predicted molar refractivity (Wildman–Crippen MR) is 144 cm³/mol. The van der Waals surface area contributed by atoms with E-state index in [1.54, 1.807) is 12.0 Å². The number of ether oxygens (including phenoxy) is 1. The maximum absolute atomic E-state index is 12.6. The molecular formula is C28H32N6O3. The van der Waals surface area contributed by atoms with Gasteiger partial charge in [0.1, 0.15) is 5.82 Å². The van der Waals surface area contributed by atoms with E-state index in [9.17, 15) is 9.59 Å². The lowest BCUT2D eigenvalue weighted by Crippen LogP contribution is -2.51. The molecule has 37 heavy (non-hydrogen) atoms. The molecule has 2 aliphatic heterocycles. The minimum atomic E-state index is -0.301. The first-order valence-corrected chi connectivity index (χ1v) is 12.5. The van der Waals surface area contributed by atoms with Crippen LogP contribution in [0.5, 0.6) is 6.01 Å². The lowest BCUT2D eigenvalue weighted by molar-refractivity contribution is -0.129. The van der Waals surface area contributed by atoms with Crippen LogP contribution in [0.3, 0.4) is 0 Å². The summed E-state index contributed by atoms with van der Waals surface area (Å²) in [6, 6.07) is 13.2. The summed E-state index contributed by atoms with van der Waals surface area (Å²) in [7, 11) is 1.59. The molecule has 9 nitrogen and oxygen atoms in total. The lowest BCUT2D eigenvalue weighted by Gasteiger charge is -2.38. The number of hydrogen-bond acceptors (Lipinski definition) is 7. The molecule has 1 N–H and O–H groups in total. The summed E-state index contributed by atoms with van der Waals surface area (Å²) >= 11 is 0. The highest BCUT2D eigenvalue weighted by Crippen LogP contribution is 2.35. The van der Waals surface area contributed by atoms with Crippen molar-refractivity contribution in [2.45, 2.75) is 26.8 Å². The zero-order valence-corrected chi connectivity index (χ0v) is 21.6. The Morgan fingerprint density at radius 2 is 1.73 bits per heavy atom. The Balaban J connectivity index is 1.38. The lowest BCUT2D eigenvalue weighted by atomic mass is 9.99. The Morgan fingerprint density at radius 3 is 2.43 bits per heavy atom. The summed E-state index contributed by atoms with van der Waals surface area (Å²) in [6.45, 7) is 11.0. The zero-order chi connectivity index (χ0) is 26.1. The fourth-order valence-electron chi connectivity index (χ4n) is 5.29. The second-order valence-electron chi connectivity index (χ2n) is 9.52. The first-order chi connectivity index (χ1) is 17.9. The summed E-state index contributed by atoms with van der Waals surface area (Å²) in [5.74, 6) is 0.325. The third kappa shape index (κ3) is 4.81. The number of methoxy groups -OCH3 is 1. The van der Waals surface area contributed by atoms with Crippen LogP contribution in [0.4, 0.5) is 11.5 Å². The molecule has 3 aromatic rings. The number of nitrogens with one attached hydrogen (secondary N) is 1. The maximum atomic E-state index is 12.6. The summed E-state index contributed by atoms with van der Waals surface area (Å²) in [6.07, 6.45) is 0.815. The van der Waals surface area contributed by atoms with Gasteiger partial charge in [0.05, 0.1) is 25.0 Å². The third-order valence-corrected chi connectivity index (χ3v) is 7.09. The number of rotatable bonds is 5. The van der Waals surface area contributed by atoms with Gasteiger partial charge in [0.15, 0.2) is 0 Å². The second-order valence-corrected chi connectivity index (χ2v) is 9.52. The van der Waals surface area contributed by atoms with Gasteiger partial charge in [0.2, 0.25) is 5.91 Å². The number of aromatic nitrogens is 2. The van der Waals surface area contributed by atoms with Crippen molar-refractivity contribution in [1.29, 1.82) is 0 Å². The van der Waals surface area contributed by atoms with Gasteiger partial charge in [-0.05, 0) is 30.4 Å². The van der Waals surface area contributed by atoms with Gasteiger partial charge in [-0.3, -0.25) is 9.59 Å². The van der Waals surface area contributed by atoms with E-state index in [2.05, 4.69) is 65.0 Å². The van der Waals surface area contributed by atoms with Gasteiger partial charge >= 0.3 is 6.01 Å².